The molecule has 0 aliphatic heterocycles. The first-order valence-corrected chi connectivity index (χ1v) is 8.68. The number of rotatable bonds is 7. The third-order valence-electron chi connectivity index (χ3n) is 4.12. The van der Waals surface area contributed by atoms with Crippen LogP contribution in [0.1, 0.15) is 49.6 Å². The molecule has 0 aliphatic rings. The second kappa shape index (κ2) is 8.32. The number of nitrogens with zero attached hydrogens (tertiary/aromatic N) is 6. The van der Waals surface area contributed by atoms with Gasteiger partial charge in [-0.2, -0.15) is 9.36 Å². The lowest BCUT2D eigenvalue weighted by atomic mass is 10.0. The summed E-state index contributed by atoms with van der Waals surface area (Å²) in [5, 5.41) is 15.8. The highest BCUT2D eigenvalue weighted by atomic mass is 16.2. The van der Waals surface area contributed by atoms with E-state index in [-0.39, 0.29) is 6.03 Å². The average Bonchev–Trinajstić information content (AvgIpc) is 3.30. The van der Waals surface area contributed by atoms with E-state index in [1.807, 2.05) is 30.3 Å². The third kappa shape index (κ3) is 4.17. The third-order valence-corrected chi connectivity index (χ3v) is 4.12. The Kier molecular flexibility index (Phi) is 5.66. The molecule has 3 aromatic rings. The molecule has 0 radical (unpaired) electrons. The van der Waals surface area contributed by atoms with Gasteiger partial charge in [-0.3, -0.25) is 0 Å². The highest BCUT2D eigenvalue weighted by Crippen LogP contribution is 2.16. The maximum atomic E-state index is 12.6. The standard InChI is InChI=1S/C18H22N6O/c1-2-3-4-8-11-16-17(14-15-9-6-5-7-10-15)24(22-20-16)18(25)23-13-12-19-21-23/h5-7,9-10,12-13H,2-4,8,11,14H2,1H3. The number of carbonyl (C=O) groups excluding carboxylic acids is 1. The first-order chi connectivity index (χ1) is 12.3. The summed E-state index contributed by atoms with van der Waals surface area (Å²) >= 11 is 0. The van der Waals surface area contributed by atoms with Gasteiger partial charge >= 0.3 is 6.03 Å². The number of benzene rings is 1. The van der Waals surface area contributed by atoms with E-state index in [2.05, 4.69) is 27.5 Å². The summed E-state index contributed by atoms with van der Waals surface area (Å²) in [6.07, 6.45) is 9.02. The van der Waals surface area contributed by atoms with Crippen molar-refractivity contribution in [1.29, 1.82) is 0 Å². The van der Waals surface area contributed by atoms with Crippen molar-refractivity contribution in [2.75, 3.05) is 0 Å². The molecule has 0 spiro atoms. The number of hydrogen-bond donors (Lipinski definition) is 0. The van der Waals surface area contributed by atoms with E-state index < -0.39 is 0 Å². The number of unbranched alkanes of at least 4 members (excludes halogenated alkanes) is 3. The van der Waals surface area contributed by atoms with Crippen LogP contribution < -0.4 is 0 Å². The molecule has 0 saturated carbocycles. The summed E-state index contributed by atoms with van der Waals surface area (Å²) < 4.78 is 2.51. The molecular weight excluding hydrogens is 316 g/mol. The van der Waals surface area contributed by atoms with Gasteiger partial charge in [0.1, 0.15) is 0 Å². The summed E-state index contributed by atoms with van der Waals surface area (Å²) in [4.78, 5) is 12.6. The number of aromatic nitrogens is 6. The van der Waals surface area contributed by atoms with Crippen LogP contribution in [-0.2, 0) is 12.8 Å². The number of hydrogen-bond acceptors (Lipinski definition) is 5. The smallest absolute Gasteiger partial charge is 0.243 e. The van der Waals surface area contributed by atoms with Crippen LogP contribution in [0.5, 0.6) is 0 Å². The molecule has 2 aromatic heterocycles. The van der Waals surface area contributed by atoms with Crippen LogP contribution in [0.4, 0.5) is 4.79 Å². The Morgan fingerprint density at radius 1 is 1.08 bits per heavy atom. The predicted molar refractivity (Wildman–Crippen MR) is 93.3 cm³/mol. The molecular formula is C18H22N6O. The van der Waals surface area contributed by atoms with Gasteiger partial charge in [0.05, 0.1) is 23.8 Å². The summed E-state index contributed by atoms with van der Waals surface area (Å²) in [7, 11) is 0. The second-order valence-corrected chi connectivity index (χ2v) is 6.00. The molecule has 0 atom stereocenters. The van der Waals surface area contributed by atoms with Crippen LogP contribution in [0.25, 0.3) is 0 Å². The quantitative estimate of drug-likeness (QED) is 0.619. The fourth-order valence-corrected chi connectivity index (χ4v) is 2.77. The van der Waals surface area contributed by atoms with Crippen LogP contribution >= 0.6 is 0 Å². The summed E-state index contributed by atoms with van der Waals surface area (Å²) in [6, 6.07) is 9.67. The van der Waals surface area contributed by atoms with Crippen molar-refractivity contribution in [3.63, 3.8) is 0 Å². The molecule has 0 fully saturated rings. The van der Waals surface area contributed by atoms with Gasteiger partial charge in [0, 0.05) is 6.42 Å². The molecule has 0 unspecified atom stereocenters. The Balaban J connectivity index is 1.86. The summed E-state index contributed by atoms with van der Waals surface area (Å²) in [6.45, 7) is 2.19. The van der Waals surface area contributed by atoms with Crippen molar-refractivity contribution < 1.29 is 4.79 Å². The van der Waals surface area contributed by atoms with Crippen molar-refractivity contribution >= 4 is 6.03 Å². The highest BCUT2D eigenvalue weighted by molar-refractivity contribution is 5.78. The minimum Gasteiger partial charge on any atom is -0.243 e. The number of carbonyl (C=O) groups is 1. The summed E-state index contributed by atoms with van der Waals surface area (Å²) in [5.41, 5.74) is 2.82. The first kappa shape index (κ1) is 17.0. The molecule has 7 heteroatoms. The molecule has 0 N–H and O–H groups in total. The molecule has 130 valence electrons. The fraction of sp³-hybridized carbons (Fsp3) is 0.389. The van der Waals surface area contributed by atoms with Crippen LogP contribution in [-0.4, -0.2) is 36.0 Å². The molecule has 0 amide bonds. The highest BCUT2D eigenvalue weighted by Gasteiger charge is 2.20. The van der Waals surface area contributed by atoms with Gasteiger partial charge in [0.2, 0.25) is 0 Å². The van der Waals surface area contributed by atoms with E-state index >= 15 is 0 Å². The zero-order valence-corrected chi connectivity index (χ0v) is 14.4. The Hall–Kier alpha value is -2.83. The zero-order valence-electron chi connectivity index (χ0n) is 14.4. The van der Waals surface area contributed by atoms with Crippen molar-refractivity contribution in [3.8, 4) is 0 Å². The lowest BCUT2D eigenvalue weighted by Crippen LogP contribution is -2.23. The van der Waals surface area contributed by atoms with E-state index in [0.29, 0.717) is 6.42 Å². The van der Waals surface area contributed by atoms with Gasteiger partial charge in [-0.1, -0.05) is 66.9 Å². The van der Waals surface area contributed by atoms with Crippen LogP contribution in [0.3, 0.4) is 0 Å². The van der Waals surface area contributed by atoms with Crippen molar-refractivity contribution in [2.45, 2.75) is 45.4 Å². The topological polar surface area (TPSA) is 78.5 Å². The Morgan fingerprint density at radius 3 is 2.64 bits per heavy atom. The van der Waals surface area contributed by atoms with Gasteiger partial charge in [0.25, 0.3) is 0 Å². The van der Waals surface area contributed by atoms with Crippen LogP contribution in [0.2, 0.25) is 0 Å². The van der Waals surface area contributed by atoms with Crippen LogP contribution in [0.15, 0.2) is 42.7 Å². The van der Waals surface area contributed by atoms with Crippen LogP contribution in [0, 0.1) is 0 Å². The Morgan fingerprint density at radius 2 is 1.92 bits per heavy atom. The first-order valence-electron chi connectivity index (χ1n) is 8.68. The molecule has 0 aliphatic carbocycles. The molecule has 25 heavy (non-hydrogen) atoms. The van der Waals surface area contributed by atoms with E-state index in [9.17, 15) is 4.79 Å². The van der Waals surface area contributed by atoms with E-state index in [0.717, 1.165) is 36.2 Å². The lowest BCUT2D eigenvalue weighted by molar-refractivity contribution is 0.236. The molecule has 2 heterocycles. The maximum Gasteiger partial charge on any atom is 0.372 e. The molecule has 0 saturated heterocycles. The lowest BCUT2D eigenvalue weighted by Gasteiger charge is -2.07. The largest absolute Gasteiger partial charge is 0.372 e. The normalized spacial score (nSPS) is 10.9. The van der Waals surface area contributed by atoms with Crippen molar-refractivity contribution in [1.82, 2.24) is 30.0 Å². The minimum absolute atomic E-state index is 0.365. The van der Waals surface area contributed by atoms with Gasteiger partial charge in [-0.05, 0) is 18.4 Å². The molecule has 1 aromatic carbocycles. The molecule has 3 rings (SSSR count). The van der Waals surface area contributed by atoms with Crippen molar-refractivity contribution in [3.05, 3.63) is 59.7 Å². The monoisotopic (exact) mass is 338 g/mol. The zero-order chi connectivity index (χ0) is 17.5. The molecule has 7 nitrogen and oxygen atoms in total. The Bertz CT molecular complexity index is 794. The maximum absolute atomic E-state index is 12.6. The van der Waals surface area contributed by atoms with Crippen molar-refractivity contribution in [2.24, 2.45) is 0 Å². The van der Waals surface area contributed by atoms with Gasteiger partial charge in [-0.15, -0.1) is 10.2 Å². The summed E-state index contributed by atoms with van der Waals surface area (Å²) in [5.74, 6) is 0. The number of aryl methyl sites for hydroxylation is 1. The van der Waals surface area contributed by atoms with Gasteiger partial charge in [0.15, 0.2) is 0 Å². The predicted octanol–water partition coefficient (Wildman–Crippen LogP) is 3.10. The minimum atomic E-state index is -0.365. The molecule has 0 bridgehead atoms. The fourth-order valence-electron chi connectivity index (χ4n) is 2.77. The van der Waals surface area contributed by atoms with E-state index in [4.69, 9.17) is 0 Å². The average molecular weight is 338 g/mol. The van der Waals surface area contributed by atoms with Gasteiger partial charge < -0.3 is 0 Å². The SMILES string of the molecule is CCCCCCc1nnn(C(=O)n2ccnn2)c1Cc1ccccc1. The van der Waals surface area contributed by atoms with E-state index in [1.165, 1.54) is 34.6 Å². The van der Waals surface area contributed by atoms with Gasteiger partial charge in [-0.25, -0.2) is 4.79 Å². The second-order valence-electron chi connectivity index (χ2n) is 6.00. The van der Waals surface area contributed by atoms with E-state index in [1.54, 1.807) is 0 Å². The Labute approximate surface area is 146 Å².